The fourth-order valence-corrected chi connectivity index (χ4v) is 14.1. The topological polar surface area (TPSA) is 34.1 Å². The quantitative estimate of drug-likeness (QED) is 0.123. The zero-order chi connectivity index (χ0) is 28.8. The van der Waals surface area contributed by atoms with Gasteiger partial charge in [-0.15, -0.1) is 0 Å². The summed E-state index contributed by atoms with van der Waals surface area (Å²) >= 11 is 0. The Morgan fingerprint density at radius 2 is 0.548 bits per heavy atom. The second-order valence-corrected chi connectivity index (χ2v) is 17.3. The Balaban J connectivity index is 1.44. The Kier molecular flexibility index (Phi) is 8.70. The average molecular weight is 619 g/mol. The summed E-state index contributed by atoms with van der Waals surface area (Å²) in [5.74, 6) is 0. The molecule has 42 heavy (non-hydrogen) atoms. The van der Waals surface area contributed by atoms with Crippen molar-refractivity contribution in [1.82, 2.24) is 0 Å². The van der Waals surface area contributed by atoms with Gasteiger partial charge in [0.25, 0.3) is 0 Å². The monoisotopic (exact) mass is 618 g/mol. The molecule has 0 radical (unpaired) electrons. The van der Waals surface area contributed by atoms with E-state index in [1.165, 1.54) is 0 Å². The summed E-state index contributed by atoms with van der Waals surface area (Å²) in [7, 11) is -3.21. The molecule has 6 aromatic carbocycles. The van der Waals surface area contributed by atoms with E-state index in [0.717, 1.165) is 41.6 Å². The van der Waals surface area contributed by atoms with Crippen LogP contribution >= 0.6 is 35.9 Å². The molecular formula is C36H28O2P2S2. The van der Waals surface area contributed by atoms with E-state index in [9.17, 15) is 0 Å². The molecule has 0 bridgehead atoms. The summed E-state index contributed by atoms with van der Waals surface area (Å²) in [6.45, 7) is 0. The SMILES string of the molecule is O=P(c1ccccc1)(c1ccccc1)c1ccccc1SSc1ccccc1P(=O)(c1ccccc1)c1ccccc1. The van der Waals surface area contributed by atoms with Gasteiger partial charge >= 0.3 is 0 Å². The summed E-state index contributed by atoms with van der Waals surface area (Å²) < 4.78 is 30.4. The standard InChI is InChI=1S/C36H28O2P2S2/c37-39(29-17-5-1-6-18-29,30-19-7-2-8-20-30)33-25-13-15-27-35(33)41-42-36-28-16-14-26-34(36)40(38,31-21-9-3-10-22-31)32-23-11-4-12-24-32/h1-28H. The first-order valence-electron chi connectivity index (χ1n) is 13.6. The Hall–Kier alpha value is -3.52. The van der Waals surface area contributed by atoms with Crippen LogP contribution in [0.15, 0.2) is 180 Å². The van der Waals surface area contributed by atoms with Gasteiger partial charge in [0.1, 0.15) is 0 Å². The van der Waals surface area contributed by atoms with Crippen molar-refractivity contribution in [2.45, 2.75) is 9.79 Å². The zero-order valence-electron chi connectivity index (χ0n) is 22.7. The van der Waals surface area contributed by atoms with Gasteiger partial charge in [-0.25, -0.2) is 0 Å². The lowest BCUT2D eigenvalue weighted by Crippen LogP contribution is -2.26. The van der Waals surface area contributed by atoms with Gasteiger partial charge in [-0.3, -0.25) is 0 Å². The van der Waals surface area contributed by atoms with Crippen molar-refractivity contribution in [2.24, 2.45) is 0 Å². The van der Waals surface area contributed by atoms with Crippen LogP contribution in [0.1, 0.15) is 0 Å². The summed E-state index contributed by atoms with van der Waals surface area (Å²) in [5, 5.41) is 4.79. The van der Waals surface area contributed by atoms with E-state index in [1.807, 2.05) is 170 Å². The van der Waals surface area contributed by atoms with Gasteiger partial charge in [-0.05, 0) is 24.3 Å². The highest BCUT2D eigenvalue weighted by molar-refractivity contribution is 8.76. The molecular weight excluding hydrogens is 590 g/mol. The van der Waals surface area contributed by atoms with Crippen LogP contribution in [-0.2, 0) is 9.13 Å². The first kappa shape index (κ1) is 28.6. The molecule has 0 aliphatic rings. The molecule has 0 aliphatic carbocycles. The van der Waals surface area contributed by atoms with Crippen LogP contribution < -0.4 is 31.8 Å². The first-order chi connectivity index (χ1) is 20.6. The van der Waals surface area contributed by atoms with Gasteiger partial charge in [0.05, 0.1) is 0 Å². The second kappa shape index (κ2) is 12.8. The van der Waals surface area contributed by atoms with Crippen molar-refractivity contribution in [2.75, 3.05) is 0 Å². The lowest BCUT2D eigenvalue weighted by atomic mass is 10.3. The molecule has 0 saturated heterocycles. The van der Waals surface area contributed by atoms with Crippen molar-refractivity contribution >= 4 is 67.7 Å². The van der Waals surface area contributed by atoms with Gasteiger partial charge in [0.2, 0.25) is 0 Å². The third-order valence-electron chi connectivity index (χ3n) is 7.11. The average Bonchev–Trinajstić information content (AvgIpc) is 3.08. The predicted octanol–water partition coefficient (Wildman–Crippen LogP) is 7.76. The van der Waals surface area contributed by atoms with Crippen molar-refractivity contribution in [3.8, 4) is 0 Å². The number of benzene rings is 6. The predicted molar refractivity (Wildman–Crippen MR) is 183 cm³/mol. The number of hydrogen-bond acceptors (Lipinski definition) is 4. The molecule has 0 heterocycles. The van der Waals surface area contributed by atoms with E-state index in [1.54, 1.807) is 21.6 Å². The molecule has 0 saturated carbocycles. The third kappa shape index (κ3) is 5.49. The van der Waals surface area contributed by atoms with Gasteiger partial charge < -0.3 is 9.13 Å². The van der Waals surface area contributed by atoms with Crippen LogP contribution in [0.25, 0.3) is 0 Å². The summed E-state index contributed by atoms with van der Waals surface area (Å²) in [4.78, 5) is 1.84. The van der Waals surface area contributed by atoms with Gasteiger partial charge in [0, 0.05) is 41.6 Å². The third-order valence-corrected chi connectivity index (χ3v) is 16.1. The van der Waals surface area contributed by atoms with E-state index < -0.39 is 14.3 Å². The fraction of sp³-hybridized carbons (Fsp3) is 0. The highest BCUT2D eigenvalue weighted by atomic mass is 33.1. The van der Waals surface area contributed by atoms with Gasteiger partial charge in [-0.1, -0.05) is 167 Å². The minimum atomic E-state index is -3.16. The summed E-state index contributed by atoms with van der Waals surface area (Å²) in [5.41, 5.74) is 0. The molecule has 6 rings (SSSR count). The Labute approximate surface area is 255 Å². The molecule has 6 aromatic rings. The fourth-order valence-electron chi connectivity index (χ4n) is 5.07. The molecule has 0 amide bonds. The number of rotatable bonds is 9. The molecule has 0 spiro atoms. The molecule has 0 N–H and O–H groups in total. The Bertz CT molecular complexity index is 1650. The first-order valence-corrected chi connectivity index (χ1v) is 19.1. The lowest BCUT2D eigenvalue weighted by Gasteiger charge is -2.23. The van der Waals surface area contributed by atoms with Crippen LogP contribution in [0.3, 0.4) is 0 Å². The minimum absolute atomic E-state index is 0.798. The molecule has 0 unspecified atom stereocenters. The maximum absolute atomic E-state index is 15.2. The zero-order valence-corrected chi connectivity index (χ0v) is 26.1. The largest absolute Gasteiger partial charge is 0.309 e. The number of hydrogen-bond donors (Lipinski definition) is 0. The van der Waals surface area contributed by atoms with E-state index in [-0.39, 0.29) is 0 Å². The minimum Gasteiger partial charge on any atom is -0.309 e. The van der Waals surface area contributed by atoms with Crippen LogP contribution in [0.2, 0.25) is 0 Å². The molecule has 0 aromatic heterocycles. The highest BCUT2D eigenvalue weighted by Crippen LogP contribution is 2.50. The van der Waals surface area contributed by atoms with Crippen molar-refractivity contribution in [1.29, 1.82) is 0 Å². The van der Waals surface area contributed by atoms with Crippen LogP contribution in [0.5, 0.6) is 0 Å². The van der Waals surface area contributed by atoms with Gasteiger partial charge in [-0.2, -0.15) is 0 Å². The van der Waals surface area contributed by atoms with Crippen LogP contribution in [0.4, 0.5) is 0 Å². The maximum atomic E-state index is 15.2. The van der Waals surface area contributed by atoms with Crippen LogP contribution in [0, 0.1) is 0 Å². The molecule has 206 valence electrons. The highest BCUT2D eigenvalue weighted by Gasteiger charge is 2.34. The molecule has 6 heteroatoms. The van der Waals surface area contributed by atoms with E-state index >= 15 is 9.13 Å². The molecule has 2 nitrogen and oxygen atoms in total. The van der Waals surface area contributed by atoms with E-state index in [2.05, 4.69) is 0 Å². The smallest absolute Gasteiger partial charge is 0.172 e. The maximum Gasteiger partial charge on any atom is 0.172 e. The Morgan fingerprint density at radius 1 is 0.310 bits per heavy atom. The van der Waals surface area contributed by atoms with Crippen molar-refractivity contribution in [3.63, 3.8) is 0 Å². The van der Waals surface area contributed by atoms with E-state index in [0.29, 0.717) is 0 Å². The normalized spacial score (nSPS) is 11.7. The Morgan fingerprint density at radius 3 is 0.833 bits per heavy atom. The van der Waals surface area contributed by atoms with Crippen LogP contribution in [-0.4, -0.2) is 0 Å². The summed E-state index contributed by atoms with van der Waals surface area (Å²) in [6.07, 6.45) is 0. The van der Waals surface area contributed by atoms with E-state index in [4.69, 9.17) is 0 Å². The molecule has 0 fully saturated rings. The second-order valence-electron chi connectivity index (χ2n) is 9.66. The molecule has 0 aliphatic heterocycles. The van der Waals surface area contributed by atoms with Crippen molar-refractivity contribution < 1.29 is 9.13 Å². The molecule has 0 atom stereocenters. The summed E-state index contributed by atoms with van der Waals surface area (Å²) in [6, 6.07) is 54.8. The lowest BCUT2D eigenvalue weighted by molar-refractivity contribution is 0.591. The van der Waals surface area contributed by atoms with Crippen molar-refractivity contribution in [3.05, 3.63) is 170 Å². The van der Waals surface area contributed by atoms with Gasteiger partial charge in [0.15, 0.2) is 14.3 Å².